The number of aromatic nitrogens is 3. The van der Waals surface area contributed by atoms with Gasteiger partial charge in [-0.05, 0) is 23.8 Å². The van der Waals surface area contributed by atoms with Crippen LogP contribution >= 0.6 is 11.6 Å². The third kappa shape index (κ3) is 4.53. The molecule has 1 aliphatic rings. The first-order valence-corrected chi connectivity index (χ1v) is 10.5. The molecule has 4 N–H and O–H groups in total. The molecule has 33 heavy (non-hydrogen) atoms. The zero-order chi connectivity index (χ0) is 23.7. The van der Waals surface area contributed by atoms with Gasteiger partial charge in [-0.15, -0.1) is 0 Å². The van der Waals surface area contributed by atoms with Crippen LogP contribution in [0.2, 0.25) is 5.02 Å². The Morgan fingerprint density at radius 3 is 2.67 bits per heavy atom. The van der Waals surface area contributed by atoms with Crippen LogP contribution in [0, 0.1) is 5.82 Å². The molecule has 3 aromatic rings. The number of aliphatic hydroxyl groups excluding tert-OH is 3. The van der Waals surface area contributed by atoms with E-state index in [-0.39, 0.29) is 10.6 Å². The molecule has 0 radical (unpaired) electrons. The van der Waals surface area contributed by atoms with Gasteiger partial charge in [-0.3, -0.25) is 0 Å². The van der Waals surface area contributed by atoms with Crippen molar-refractivity contribution in [2.24, 2.45) is 0 Å². The minimum Gasteiger partial charge on any atom is -0.387 e. The maximum Gasteiger partial charge on any atom is 0.173 e. The number of hydrogen-bond acceptors (Lipinski definition) is 9. The lowest BCUT2D eigenvalue weighted by molar-refractivity contribution is -0.0914. The van der Waals surface area contributed by atoms with E-state index in [4.69, 9.17) is 25.8 Å². The van der Waals surface area contributed by atoms with Gasteiger partial charge in [0.15, 0.2) is 12.5 Å². The van der Waals surface area contributed by atoms with Crippen molar-refractivity contribution < 1.29 is 33.9 Å². The number of methoxy groups -OCH3 is 2. The topological polar surface area (TPSA) is 131 Å². The first-order valence-electron chi connectivity index (χ1n) is 10.1. The van der Waals surface area contributed by atoms with E-state index < -0.39 is 42.8 Å². The third-order valence-electron chi connectivity index (χ3n) is 5.62. The summed E-state index contributed by atoms with van der Waals surface area (Å²) >= 11 is 5.70. The van der Waals surface area contributed by atoms with E-state index in [0.717, 1.165) is 6.07 Å². The monoisotopic (exact) mass is 482 g/mol. The van der Waals surface area contributed by atoms with Crippen molar-refractivity contribution in [2.45, 2.75) is 36.9 Å². The maximum atomic E-state index is 13.8. The Kier molecular flexibility index (Phi) is 7.10. The van der Waals surface area contributed by atoms with E-state index in [0.29, 0.717) is 23.4 Å². The summed E-state index contributed by atoms with van der Waals surface area (Å²) in [5.41, 5.74) is 0.591. The molecule has 12 heteroatoms. The lowest BCUT2D eigenvalue weighted by Gasteiger charge is -2.21. The van der Waals surface area contributed by atoms with Gasteiger partial charge in [-0.25, -0.2) is 14.4 Å². The highest BCUT2D eigenvalue weighted by molar-refractivity contribution is 6.30. The zero-order valence-electron chi connectivity index (χ0n) is 17.8. The third-order valence-corrected chi connectivity index (χ3v) is 5.92. The van der Waals surface area contributed by atoms with Crippen LogP contribution in [0.5, 0.6) is 0 Å². The predicted molar refractivity (Wildman–Crippen MR) is 116 cm³/mol. The summed E-state index contributed by atoms with van der Waals surface area (Å²) in [6.07, 6.45) is -4.00. The second-order valence-electron chi connectivity index (χ2n) is 7.56. The molecule has 178 valence electrons. The molecule has 0 unspecified atom stereocenters. The quantitative estimate of drug-likeness (QED) is 0.353. The smallest absolute Gasteiger partial charge is 0.173 e. The lowest BCUT2D eigenvalue weighted by Crippen LogP contribution is -2.34. The Bertz CT molecular complexity index is 1110. The molecule has 0 saturated carbocycles. The number of nitrogens with one attached hydrogen (secondary N) is 1. The highest BCUT2D eigenvalue weighted by atomic mass is 35.5. The average Bonchev–Trinajstić information content (AvgIpc) is 3.37. The van der Waals surface area contributed by atoms with Crippen molar-refractivity contribution in [2.75, 3.05) is 26.1 Å². The van der Waals surface area contributed by atoms with Crippen LogP contribution < -0.4 is 5.32 Å². The van der Waals surface area contributed by atoms with Crippen molar-refractivity contribution in [3.63, 3.8) is 0 Å². The van der Waals surface area contributed by atoms with E-state index in [2.05, 4.69) is 15.3 Å². The van der Waals surface area contributed by atoms with Gasteiger partial charge in [0, 0.05) is 20.4 Å². The Balaban J connectivity index is 1.58. The average molecular weight is 483 g/mol. The van der Waals surface area contributed by atoms with Crippen LogP contribution in [0.1, 0.15) is 17.9 Å². The second kappa shape index (κ2) is 9.85. The fraction of sp³-hybridized carbons (Fsp3) is 0.429. The summed E-state index contributed by atoms with van der Waals surface area (Å²) in [5, 5.41) is 35.6. The Labute approximate surface area is 193 Å². The largest absolute Gasteiger partial charge is 0.387 e. The fourth-order valence-corrected chi connectivity index (χ4v) is 3.94. The number of aliphatic hydroxyl groups is 3. The fourth-order valence-electron chi connectivity index (χ4n) is 3.82. The van der Waals surface area contributed by atoms with Gasteiger partial charge in [0.25, 0.3) is 0 Å². The number of ether oxygens (including phenoxy) is 3. The molecular weight excluding hydrogens is 459 g/mol. The molecule has 2 aromatic heterocycles. The van der Waals surface area contributed by atoms with Gasteiger partial charge < -0.3 is 39.4 Å². The van der Waals surface area contributed by atoms with E-state index in [1.165, 1.54) is 37.2 Å². The Morgan fingerprint density at radius 2 is 1.97 bits per heavy atom. The lowest BCUT2D eigenvalue weighted by atomic mass is 9.99. The molecule has 0 aliphatic carbocycles. The standard InChI is InChI=1S/C21H24ClFN4O6/c1-31-14(32-2)8-24-19-11-5-6-27(20(11)26-9-25-19)21-17(30)16(29)18(33-21)15(28)10-3-4-12(22)13(23)7-10/h3-7,9,14-18,21,28-30H,8H2,1-2H3,(H,24,25,26)/t15-,16+,17-,18-,21-/m1/s1. The number of hydrogen-bond donors (Lipinski definition) is 4. The Hall–Kier alpha value is -2.38. The van der Waals surface area contributed by atoms with Crippen molar-refractivity contribution in [1.82, 2.24) is 14.5 Å². The second-order valence-corrected chi connectivity index (χ2v) is 7.96. The number of nitrogens with zero attached hydrogens (tertiary/aromatic N) is 3. The van der Waals surface area contributed by atoms with Gasteiger partial charge in [-0.1, -0.05) is 17.7 Å². The van der Waals surface area contributed by atoms with Crippen molar-refractivity contribution in [3.05, 3.63) is 53.2 Å². The van der Waals surface area contributed by atoms with Crippen LogP contribution in [-0.2, 0) is 14.2 Å². The Morgan fingerprint density at radius 1 is 1.21 bits per heavy atom. The van der Waals surface area contributed by atoms with E-state index in [9.17, 15) is 19.7 Å². The van der Waals surface area contributed by atoms with Crippen molar-refractivity contribution in [1.29, 1.82) is 0 Å². The molecule has 10 nitrogen and oxygen atoms in total. The molecule has 4 rings (SSSR count). The summed E-state index contributed by atoms with van der Waals surface area (Å²) < 4.78 is 31.5. The number of benzene rings is 1. The van der Waals surface area contributed by atoms with Gasteiger partial charge in [0.1, 0.15) is 48.0 Å². The summed E-state index contributed by atoms with van der Waals surface area (Å²) in [6, 6.07) is 5.52. The number of anilines is 1. The van der Waals surface area contributed by atoms with E-state index >= 15 is 0 Å². The molecule has 0 amide bonds. The van der Waals surface area contributed by atoms with Gasteiger partial charge in [0.2, 0.25) is 0 Å². The molecule has 1 saturated heterocycles. The minimum atomic E-state index is -1.44. The SMILES string of the molecule is COC(CNc1ncnc2c1ccn2[C@@H]1O[C@H]([C@H](O)c2ccc(Cl)c(F)c2)[C@@H](O)[C@H]1O)OC. The minimum absolute atomic E-state index is 0.0954. The number of rotatable bonds is 8. The first-order chi connectivity index (χ1) is 15.8. The van der Waals surface area contributed by atoms with Crippen LogP contribution in [0.4, 0.5) is 10.2 Å². The number of fused-ring (bicyclic) bond motifs is 1. The molecule has 3 heterocycles. The molecule has 1 fully saturated rings. The van der Waals surface area contributed by atoms with Crippen molar-refractivity contribution in [3.8, 4) is 0 Å². The summed E-state index contributed by atoms with van der Waals surface area (Å²) in [7, 11) is 3.05. The highest BCUT2D eigenvalue weighted by Gasteiger charge is 2.47. The van der Waals surface area contributed by atoms with Gasteiger partial charge in [-0.2, -0.15) is 0 Å². The van der Waals surface area contributed by atoms with Crippen LogP contribution in [0.15, 0.2) is 36.8 Å². The van der Waals surface area contributed by atoms with Gasteiger partial charge >= 0.3 is 0 Å². The first kappa shape index (κ1) is 23.8. The molecular formula is C21H24ClFN4O6. The molecule has 1 aliphatic heterocycles. The normalized spacial score (nSPS) is 24.0. The summed E-state index contributed by atoms with van der Waals surface area (Å²) in [4.78, 5) is 8.51. The summed E-state index contributed by atoms with van der Waals surface area (Å²) in [6.45, 7) is 0.331. The highest BCUT2D eigenvalue weighted by Crippen LogP contribution is 2.38. The molecule has 5 atom stereocenters. The number of halogens is 2. The molecule has 1 aromatic carbocycles. The van der Waals surface area contributed by atoms with Gasteiger partial charge in [0.05, 0.1) is 17.0 Å². The van der Waals surface area contributed by atoms with E-state index in [1.807, 2.05) is 0 Å². The predicted octanol–water partition coefficient (Wildman–Crippen LogP) is 1.61. The summed E-state index contributed by atoms with van der Waals surface area (Å²) in [5.74, 6) is -0.200. The van der Waals surface area contributed by atoms with Crippen LogP contribution in [-0.4, -0.2) is 75.2 Å². The molecule has 0 bridgehead atoms. The van der Waals surface area contributed by atoms with Crippen LogP contribution in [0.3, 0.4) is 0 Å². The maximum absolute atomic E-state index is 13.8. The van der Waals surface area contributed by atoms with E-state index in [1.54, 1.807) is 12.3 Å². The zero-order valence-corrected chi connectivity index (χ0v) is 18.6. The van der Waals surface area contributed by atoms with Crippen molar-refractivity contribution >= 4 is 28.5 Å². The van der Waals surface area contributed by atoms with Crippen LogP contribution in [0.25, 0.3) is 11.0 Å². The molecule has 0 spiro atoms.